The zero-order chi connectivity index (χ0) is 19.8. The molecule has 152 valence electrons. The Labute approximate surface area is 168 Å². The maximum absolute atomic E-state index is 13.1. The lowest BCUT2D eigenvalue weighted by Crippen LogP contribution is -2.38. The zero-order valence-electron chi connectivity index (χ0n) is 16.2. The van der Waals surface area contributed by atoms with Crippen LogP contribution in [0.3, 0.4) is 0 Å². The predicted molar refractivity (Wildman–Crippen MR) is 106 cm³/mol. The molecule has 0 spiro atoms. The van der Waals surface area contributed by atoms with Gasteiger partial charge in [-0.05, 0) is 68.8 Å². The van der Waals surface area contributed by atoms with E-state index < -0.39 is 17.8 Å². The van der Waals surface area contributed by atoms with E-state index in [4.69, 9.17) is 4.74 Å². The summed E-state index contributed by atoms with van der Waals surface area (Å²) in [6.07, 6.45) is 7.22. The summed E-state index contributed by atoms with van der Waals surface area (Å²) in [6.45, 7) is 2.30. The van der Waals surface area contributed by atoms with Crippen LogP contribution in [0.2, 0.25) is 0 Å². The number of carboxylic acid groups (broad SMARTS) is 1. The number of hydrogen-bond acceptors (Lipinski definition) is 5. The minimum Gasteiger partial charge on any atom is -0.481 e. The summed E-state index contributed by atoms with van der Waals surface area (Å²) < 4.78 is 5.38. The highest BCUT2D eigenvalue weighted by Crippen LogP contribution is 2.53. The van der Waals surface area contributed by atoms with E-state index in [1.54, 1.807) is 0 Å². The summed E-state index contributed by atoms with van der Waals surface area (Å²) in [5, 5.41) is 13.1. The third-order valence-electron chi connectivity index (χ3n) is 6.55. The van der Waals surface area contributed by atoms with Crippen molar-refractivity contribution in [1.29, 1.82) is 0 Å². The van der Waals surface area contributed by atoms with Crippen LogP contribution in [0.4, 0.5) is 5.00 Å². The molecule has 0 unspecified atom stereocenters. The number of esters is 1. The Balaban J connectivity index is 1.60. The molecule has 2 fully saturated rings. The topological polar surface area (TPSA) is 92.7 Å². The van der Waals surface area contributed by atoms with Gasteiger partial charge < -0.3 is 15.2 Å². The molecule has 2 N–H and O–H groups in total. The van der Waals surface area contributed by atoms with Gasteiger partial charge in [-0.25, -0.2) is 4.79 Å². The molecule has 28 heavy (non-hydrogen) atoms. The first kappa shape index (κ1) is 19.4. The highest BCUT2D eigenvalue weighted by molar-refractivity contribution is 7.17. The van der Waals surface area contributed by atoms with Gasteiger partial charge in [-0.1, -0.05) is 6.92 Å². The molecule has 2 bridgehead atoms. The number of thiophene rings is 1. The van der Waals surface area contributed by atoms with Gasteiger partial charge in [0.05, 0.1) is 24.0 Å². The fourth-order valence-electron chi connectivity index (χ4n) is 5.36. The molecule has 1 heterocycles. The molecule has 2 saturated carbocycles. The molecule has 4 rings (SSSR count). The van der Waals surface area contributed by atoms with Crippen LogP contribution in [0.25, 0.3) is 0 Å². The first-order valence-corrected chi connectivity index (χ1v) is 11.2. The molecule has 7 heteroatoms. The first-order valence-electron chi connectivity index (χ1n) is 10.4. The predicted octanol–water partition coefficient (Wildman–Crippen LogP) is 3.88. The SMILES string of the molecule is CCCOC(=O)c1c(NC(=O)[C@H]2[C@H]3CC[C@@H](C3)[C@@H]2C(=O)O)sc2c1CCCC2. The lowest BCUT2D eigenvalue weighted by Gasteiger charge is -2.27. The van der Waals surface area contributed by atoms with Crippen molar-refractivity contribution < 1.29 is 24.2 Å². The van der Waals surface area contributed by atoms with Crippen LogP contribution < -0.4 is 5.32 Å². The number of amides is 1. The fourth-order valence-corrected chi connectivity index (χ4v) is 6.64. The van der Waals surface area contributed by atoms with Gasteiger partial charge in [-0.3, -0.25) is 9.59 Å². The molecule has 4 atom stereocenters. The van der Waals surface area contributed by atoms with Crippen LogP contribution in [-0.2, 0) is 27.2 Å². The van der Waals surface area contributed by atoms with E-state index in [0.29, 0.717) is 17.2 Å². The summed E-state index contributed by atoms with van der Waals surface area (Å²) >= 11 is 1.46. The van der Waals surface area contributed by atoms with Crippen LogP contribution in [-0.4, -0.2) is 29.6 Å². The van der Waals surface area contributed by atoms with Gasteiger partial charge in [0.15, 0.2) is 0 Å². The molecule has 3 aliphatic rings. The Morgan fingerprint density at radius 3 is 2.57 bits per heavy atom. The van der Waals surface area contributed by atoms with E-state index in [1.165, 1.54) is 11.3 Å². The number of aryl methyl sites for hydroxylation is 1. The molecular formula is C21H27NO5S. The van der Waals surface area contributed by atoms with Crippen molar-refractivity contribution in [3.63, 3.8) is 0 Å². The van der Waals surface area contributed by atoms with Crippen molar-refractivity contribution in [2.45, 2.75) is 58.3 Å². The smallest absolute Gasteiger partial charge is 0.341 e. The second-order valence-electron chi connectivity index (χ2n) is 8.26. The summed E-state index contributed by atoms with van der Waals surface area (Å²) in [7, 11) is 0. The maximum Gasteiger partial charge on any atom is 0.341 e. The molecule has 1 aromatic heterocycles. The van der Waals surface area contributed by atoms with Gasteiger partial charge in [0.1, 0.15) is 5.00 Å². The Bertz CT molecular complexity index is 801. The lowest BCUT2D eigenvalue weighted by molar-refractivity contribution is -0.148. The Kier molecular flexibility index (Phi) is 5.45. The van der Waals surface area contributed by atoms with Gasteiger partial charge in [0, 0.05) is 4.88 Å². The number of aliphatic carboxylic acids is 1. The second-order valence-corrected chi connectivity index (χ2v) is 9.37. The molecule has 1 amide bonds. The van der Waals surface area contributed by atoms with Crippen molar-refractivity contribution >= 4 is 34.2 Å². The standard InChI is InChI=1S/C21H27NO5S/c1-2-9-27-21(26)17-13-5-3-4-6-14(13)28-19(17)22-18(23)15-11-7-8-12(10-11)16(15)20(24)25/h11-12,15-16H,2-10H2,1H3,(H,22,23)(H,24,25)/t11-,12-,15-,16-/m0/s1. The van der Waals surface area contributed by atoms with E-state index in [9.17, 15) is 19.5 Å². The van der Waals surface area contributed by atoms with Gasteiger partial charge in [0.2, 0.25) is 5.91 Å². The minimum atomic E-state index is -0.875. The van der Waals surface area contributed by atoms with Crippen LogP contribution in [0.15, 0.2) is 0 Å². The second kappa shape index (κ2) is 7.85. The third kappa shape index (κ3) is 3.34. The molecule has 0 aromatic carbocycles. The number of nitrogens with one attached hydrogen (secondary N) is 1. The molecule has 0 saturated heterocycles. The maximum atomic E-state index is 13.1. The quantitative estimate of drug-likeness (QED) is 0.701. The number of hydrogen-bond donors (Lipinski definition) is 2. The largest absolute Gasteiger partial charge is 0.481 e. The van der Waals surface area contributed by atoms with Gasteiger partial charge in [-0.2, -0.15) is 0 Å². The molecule has 3 aliphatic carbocycles. The molecular weight excluding hydrogens is 378 g/mol. The normalized spacial score (nSPS) is 28.0. The zero-order valence-corrected chi connectivity index (χ0v) is 17.0. The molecule has 1 aromatic rings. The number of anilines is 1. The summed E-state index contributed by atoms with van der Waals surface area (Å²) in [4.78, 5) is 38.7. The summed E-state index contributed by atoms with van der Waals surface area (Å²) in [6, 6.07) is 0. The van der Waals surface area contributed by atoms with Crippen LogP contribution in [0.5, 0.6) is 0 Å². The number of rotatable bonds is 6. The van der Waals surface area contributed by atoms with Crippen molar-refractivity contribution in [3.8, 4) is 0 Å². The van der Waals surface area contributed by atoms with Gasteiger partial charge >= 0.3 is 11.9 Å². The average molecular weight is 406 g/mol. The minimum absolute atomic E-state index is 0.101. The third-order valence-corrected chi connectivity index (χ3v) is 7.76. The summed E-state index contributed by atoms with van der Waals surface area (Å²) in [5.41, 5.74) is 1.51. The molecule has 0 radical (unpaired) electrons. The Morgan fingerprint density at radius 2 is 1.86 bits per heavy atom. The van der Waals surface area contributed by atoms with E-state index in [0.717, 1.165) is 61.8 Å². The molecule has 6 nitrogen and oxygen atoms in total. The van der Waals surface area contributed by atoms with Gasteiger partial charge in [0.25, 0.3) is 0 Å². The Morgan fingerprint density at radius 1 is 1.14 bits per heavy atom. The number of carbonyl (C=O) groups is 3. The number of ether oxygens (including phenoxy) is 1. The van der Waals surface area contributed by atoms with Crippen molar-refractivity contribution in [3.05, 3.63) is 16.0 Å². The van der Waals surface area contributed by atoms with E-state index >= 15 is 0 Å². The van der Waals surface area contributed by atoms with E-state index in [2.05, 4.69) is 5.32 Å². The van der Waals surface area contributed by atoms with E-state index in [1.807, 2.05) is 6.92 Å². The lowest BCUT2D eigenvalue weighted by atomic mass is 9.78. The van der Waals surface area contributed by atoms with Crippen molar-refractivity contribution in [2.24, 2.45) is 23.7 Å². The highest BCUT2D eigenvalue weighted by Gasteiger charge is 2.54. The average Bonchev–Trinajstić information content (AvgIpc) is 3.37. The molecule has 0 aliphatic heterocycles. The monoisotopic (exact) mass is 405 g/mol. The van der Waals surface area contributed by atoms with Crippen LogP contribution in [0.1, 0.15) is 66.2 Å². The highest BCUT2D eigenvalue weighted by atomic mass is 32.1. The number of fused-ring (bicyclic) bond motifs is 3. The van der Waals surface area contributed by atoms with Crippen LogP contribution in [0, 0.1) is 23.7 Å². The Hall–Kier alpha value is -1.89. The summed E-state index contributed by atoms with van der Waals surface area (Å²) in [5.74, 6) is -2.37. The van der Waals surface area contributed by atoms with Gasteiger partial charge in [-0.15, -0.1) is 11.3 Å². The fraction of sp³-hybridized carbons (Fsp3) is 0.667. The number of carbonyl (C=O) groups excluding carboxylic acids is 2. The van der Waals surface area contributed by atoms with E-state index in [-0.39, 0.29) is 23.7 Å². The van der Waals surface area contributed by atoms with Crippen molar-refractivity contribution in [2.75, 3.05) is 11.9 Å². The van der Waals surface area contributed by atoms with Crippen LogP contribution >= 0.6 is 11.3 Å². The first-order chi connectivity index (χ1) is 13.5. The number of carboxylic acids is 1. The van der Waals surface area contributed by atoms with Crippen molar-refractivity contribution in [1.82, 2.24) is 0 Å².